The van der Waals surface area contributed by atoms with Gasteiger partial charge in [0.25, 0.3) is 0 Å². The molecule has 112 valence electrons. The Bertz CT molecular complexity index is 763. The molecule has 0 aliphatic carbocycles. The lowest BCUT2D eigenvalue weighted by Crippen LogP contribution is -2.14. The fourth-order valence-corrected chi connectivity index (χ4v) is 2.42. The van der Waals surface area contributed by atoms with Gasteiger partial charge >= 0.3 is 0 Å². The van der Waals surface area contributed by atoms with Crippen molar-refractivity contribution in [3.63, 3.8) is 0 Å². The minimum Gasteiger partial charge on any atom is -0.382 e. The van der Waals surface area contributed by atoms with Crippen molar-refractivity contribution in [2.24, 2.45) is 0 Å². The summed E-state index contributed by atoms with van der Waals surface area (Å²) in [5.41, 5.74) is 6.20. The van der Waals surface area contributed by atoms with Crippen molar-refractivity contribution in [1.82, 2.24) is 9.97 Å². The zero-order valence-corrected chi connectivity index (χ0v) is 13.3. The molecule has 0 aliphatic rings. The summed E-state index contributed by atoms with van der Waals surface area (Å²) in [4.78, 5) is 19.8. The molecule has 1 amide bonds. The zero-order valence-electron chi connectivity index (χ0n) is 11.0. The Labute approximate surface area is 140 Å². The normalized spacial score (nSPS) is 10.0. The Morgan fingerprint density at radius 1 is 1.45 bits per heavy atom. The van der Waals surface area contributed by atoms with Gasteiger partial charge in [0.15, 0.2) is 5.16 Å². The topological polar surface area (TPSA) is 105 Å². The molecular formula is C13H9Cl2N5OS. The number of anilines is 2. The van der Waals surface area contributed by atoms with Crippen molar-refractivity contribution in [1.29, 1.82) is 5.26 Å². The molecule has 2 rings (SSSR count). The van der Waals surface area contributed by atoms with Crippen molar-refractivity contribution in [3.8, 4) is 6.07 Å². The van der Waals surface area contributed by atoms with Crippen molar-refractivity contribution in [2.75, 3.05) is 16.8 Å². The largest absolute Gasteiger partial charge is 0.382 e. The number of nitriles is 1. The van der Waals surface area contributed by atoms with Gasteiger partial charge in [-0.25, -0.2) is 9.97 Å². The van der Waals surface area contributed by atoms with Crippen LogP contribution in [0.3, 0.4) is 0 Å². The Morgan fingerprint density at radius 2 is 2.23 bits per heavy atom. The molecule has 0 radical (unpaired) electrons. The van der Waals surface area contributed by atoms with E-state index in [9.17, 15) is 4.79 Å². The van der Waals surface area contributed by atoms with E-state index in [-0.39, 0.29) is 28.1 Å². The van der Waals surface area contributed by atoms with Crippen molar-refractivity contribution >= 4 is 52.4 Å². The summed E-state index contributed by atoms with van der Waals surface area (Å²) in [5, 5.41) is 12.3. The molecule has 0 spiro atoms. The number of carbonyl (C=O) groups excluding carboxylic acids is 1. The number of thioether (sulfide) groups is 1. The Balaban J connectivity index is 1.97. The Kier molecular flexibility index (Phi) is 5.44. The van der Waals surface area contributed by atoms with Gasteiger partial charge in [0, 0.05) is 0 Å². The summed E-state index contributed by atoms with van der Waals surface area (Å²) in [5.74, 6) is -0.146. The number of hydrogen-bond donors (Lipinski definition) is 2. The fourth-order valence-electron chi connectivity index (χ4n) is 1.45. The number of aromatic nitrogens is 2. The minimum absolute atomic E-state index is 0.0637. The number of nitrogen functional groups attached to an aromatic ring is 1. The van der Waals surface area contributed by atoms with E-state index in [2.05, 4.69) is 15.3 Å². The van der Waals surface area contributed by atoms with Gasteiger partial charge in [-0.2, -0.15) is 5.26 Å². The first-order valence-electron chi connectivity index (χ1n) is 5.90. The van der Waals surface area contributed by atoms with Gasteiger partial charge in [0.2, 0.25) is 5.91 Å². The van der Waals surface area contributed by atoms with Crippen LogP contribution in [0.1, 0.15) is 5.56 Å². The van der Waals surface area contributed by atoms with E-state index < -0.39 is 0 Å². The summed E-state index contributed by atoms with van der Waals surface area (Å²) in [6.07, 6.45) is 1.32. The van der Waals surface area contributed by atoms with E-state index in [1.165, 1.54) is 6.20 Å². The SMILES string of the molecule is N#Cc1cnc(SCC(=O)Nc2cccc(Cl)c2Cl)nc1N. The predicted octanol–water partition coefficient (Wildman–Crippen LogP) is 2.97. The van der Waals surface area contributed by atoms with E-state index in [1.807, 2.05) is 6.07 Å². The number of hydrogen-bond acceptors (Lipinski definition) is 6. The molecule has 6 nitrogen and oxygen atoms in total. The lowest BCUT2D eigenvalue weighted by molar-refractivity contribution is -0.113. The van der Waals surface area contributed by atoms with Crippen molar-refractivity contribution < 1.29 is 4.79 Å². The quantitative estimate of drug-likeness (QED) is 0.646. The summed E-state index contributed by atoms with van der Waals surface area (Å²) in [6, 6.07) is 6.82. The summed E-state index contributed by atoms with van der Waals surface area (Å²) in [7, 11) is 0. The van der Waals surface area contributed by atoms with Gasteiger partial charge in [-0.05, 0) is 12.1 Å². The number of nitrogens with two attached hydrogens (primary N) is 1. The standard InChI is InChI=1S/C13H9Cl2N5OS/c14-8-2-1-3-9(11(8)15)19-10(21)6-22-13-18-5-7(4-16)12(17)20-13/h1-3,5H,6H2,(H,19,21)(H2,17,18,20). The average Bonchev–Trinajstić information content (AvgIpc) is 2.50. The number of benzene rings is 1. The smallest absolute Gasteiger partial charge is 0.234 e. The number of amides is 1. The highest BCUT2D eigenvalue weighted by Crippen LogP contribution is 2.29. The number of rotatable bonds is 4. The van der Waals surface area contributed by atoms with Crippen LogP contribution in [0, 0.1) is 11.3 Å². The van der Waals surface area contributed by atoms with Gasteiger partial charge in [0.1, 0.15) is 17.5 Å². The second kappa shape index (κ2) is 7.31. The van der Waals surface area contributed by atoms with Gasteiger partial charge in [0.05, 0.1) is 27.7 Å². The molecule has 0 aliphatic heterocycles. The zero-order chi connectivity index (χ0) is 16.1. The van der Waals surface area contributed by atoms with E-state index in [4.69, 9.17) is 34.2 Å². The Morgan fingerprint density at radius 3 is 2.91 bits per heavy atom. The van der Waals surface area contributed by atoms with Crippen molar-refractivity contribution in [2.45, 2.75) is 5.16 Å². The number of nitrogens with zero attached hydrogens (tertiary/aromatic N) is 3. The maximum atomic E-state index is 11.9. The van der Waals surface area contributed by atoms with Crippen LogP contribution in [0.15, 0.2) is 29.6 Å². The van der Waals surface area contributed by atoms with Gasteiger partial charge in [-0.3, -0.25) is 4.79 Å². The second-order valence-corrected chi connectivity index (χ2v) is 5.73. The highest BCUT2D eigenvalue weighted by molar-refractivity contribution is 7.99. The first kappa shape index (κ1) is 16.4. The van der Waals surface area contributed by atoms with Crippen LogP contribution in [-0.2, 0) is 4.79 Å². The number of carbonyl (C=O) groups is 1. The van der Waals surface area contributed by atoms with Crippen LogP contribution in [0.4, 0.5) is 11.5 Å². The molecule has 0 atom stereocenters. The number of halogens is 2. The van der Waals surface area contributed by atoms with E-state index >= 15 is 0 Å². The third-order valence-corrected chi connectivity index (χ3v) is 4.15. The molecule has 0 bridgehead atoms. The lowest BCUT2D eigenvalue weighted by Gasteiger charge is -2.07. The number of nitrogens with one attached hydrogen (secondary N) is 1. The third-order valence-electron chi connectivity index (χ3n) is 2.47. The molecule has 0 unspecified atom stereocenters. The van der Waals surface area contributed by atoms with Gasteiger partial charge in [-0.15, -0.1) is 0 Å². The maximum Gasteiger partial charge on any atom is 0.234 e. The molecule has 0 saturated heterocycles. The maximum absolute atomic E-state index is 11.9. The van der Waals surface area contributed by atoms with E-state index in [0.29, 0.717) is 15.9 Å². The first-order chi connectivity index (χ1) is 10.5. The molecule has 2 aromatic rings. The molecular weight excluding hydrogens is 345 g/mol. The second-order valence-electron chi connectivity index (χ2n) is 4.00. The van der Waals surface area contributed by atoms with Crippen LogP contribution in [0.2, 0.25) is 10.0 Å². The van der Waals surface area contributed by atoms with Gasteiger partial charge in [-0.1, -0.05) is 41.0 Å². The first-order valence-corrected chi connectivity index (χ1v) is 7.64. The van der Waals surface area contributed by atoms with Crippen LogP contribution in [-0.4, -0.2) is 21.6 Å². The molecule has 3 N–H and O–H groups in total. The van der Waals surface area contributed by atoms with Crippen LogP contribution in [0.25, 0.3) is 0 Å². The van der Waals surface area contributed by atoms with Crippen molar-refractivity contribution in [3.05, 3.63) is 40.0 Å². The predicted molar refractivity (Wildman–Crippen MR) is 87.0 cm³/mol. The summed E-state index contributed by atoms with van der Waals surface area (Å²) < 4.78 is 0. The minimum atomic E-state index is -0.291. The molecule has 1 aromatic heterocycles. The van der Waals surface area contributed by atoms with Crippen LogP contribution in [0.5, 0.6) is 0 Å². The highest BCUT2D eigenvalue weighted by Gasteiger charge is 2.10. The highest BCUT2D eigenvalue weighted by atomic mass is 35.5. The van der Waals surface area contributed by atoms with E-state index in [0.717, 1.165) is 11.8 Å². The monoisotopic (exact) mass is 353 g/mol. The average molecular weight is 354 g/mol. The molecule has 0 fully saturated rings. The summed E-state index contributed by atoms with van der Waals surface area (Å²) in [6.45, 7) is 0. The Hall–Kier alpha value is -2.01. The molecule has 1 aromatic carbocycles. The summed E-state index contributed by atoms with van der Waals surface area (Å²) >= 11 is 12.9. The van der Waals surface area contributed by atoms with Crippen LogP contribution < -0.4 is 11.1 Å². The molecule has 0 saturated carbocycles. The molecule has 9 heteroatoms. The fraction of sp³-hybridized carbons (Fsp3) is 0.0769. The lowest BCUT2D eigenvalue weighted by atomic mass is 10.3. The van der Waals surface area contributed by atoms with Crippen LogP contribution >= 0.6 is 35.0 Å². The molecule has 22 heavy (non-hydrogen) atoms. The van der Waals surface area contributed by atoms with Gasteiger partial charge < -0.3 is 11.1 Å². The third kappa shape index (κ3) is 4.01. The van der Waals surface area contributed by atoms with E-state index in [1.54, 1.807) is 18.2 Å². The molecule has 1 heterocycles.